The number of hydrogen-bond donors (Lipinski definition) is 0. The van der Waals surface area contributed by atoms with Gasteiger partial charge in [-0.25, -0.2) is 0 Å². The third kappa shape index (κ3) is 7.41. The van der Waals surface area contributed by atoms with Crippen molar-refractivity contribution in [1.29, 1.82) is 0 Å². The minimum atomic E-state index is 1.08. The van der Waals surface area contributed by atoms with Crippen LogP contribution in [0.15, 0.2) is 285 Å². The van der Waals surface area contributed by atoms with Crippen molar-refractivity contribution in [2.75, 3.05) is 4.90 Å². The monoisotopic (exact) mass is 985 g/mol. The maximum Gasteiger partial charge on any atom is 0.0547 e. The predicted octanol–water partition coefficient (Wildman–Crippen LogP) is 20.4. The van der Waals surface area contributed by atoms with Gasteiger partial charge in [-0.2, -0.15) is 0 Å². The largest absolute Gasteiger partial charge is 0.310 e. The van der Waals surface area contributed by atoms with Gasteiger partial charge in [0.25, 0.3) is 0 Å². The molecular weight excluding hydrogens is 939 g/mol. The third-order valence-electron chi connectivity index (χ3n) is 15.3. The Morgan fingerprint density at radius 2 is 0.697 bits per heavy atom. The molecule has 3 aromatic heterocycles. The lowest BCUT2D eigenvalue weighted by molar-refractivity contribution is 1.18. The quantitative estimate of drug-likeness (QED) is 0.140. The first-order chi connectivity index (χ1) is 37.7. The zero-order valence-electron chi connectivity index (χ0n) is 41.4. The summed E-state index contributed by atoms with van der Waals surface area (Å²) in [6.45, 7) is 0. The molecule has 3 nitrogen and oxygen atoms in total. The highest BCUT2D eigenvalue weighted by molar-refractivity contribution is 7.25. The van der Waals surface area contributed by atoms with Crippen molar-refractivity contribution in [3.63, 3.8) is 0 Å². The summed E-state index contributed by atoms with van der Waals surface area (Å²) in [5.41, 5.74) is 19.6. The van der Waals surface area contributed by atoms with Crippen molar-refractivity contribution in [3.8, 4) is 55.9 Å². The minimum absolute atomic E-state index is 1.08. The normalized spacial score (nSPS) is 11.7. The van der Waals surface area contributed by atoms with Gasteiger partial charge in [0.05, 0.1) is 22.1 Å². The highest BCUT2D eigenvalue weighted by atomic mass is 32.1. The summed E-state index contributed by atoms with van der Waals surface area (Å²) in [5, 5.41) is 7.56. The van der Waals surface area contributed by atoms with Gasteiger partial charge in [-0.3, -0.25) is 0 Å². The van der Waals surface area contributed by atoms with E-state index in [0.29, 0.717) is 0 Å². The zero-order valence-corrected chi connectivity index (χ0v) is 42.2. The van der Waals surface area contributed by atoms with E-state index < -0.39 is 0 Å². The van der Waals surface area contributed by atoms with Crippen LogP contribution in [0.3, 0.4) is 0 Å². The SMILES string of the molecule is c1ccc(-c2ccc(N(c3ccccc3)c3cccc(-c4cc(-c5ccc6c(c5)c5ccccc5n6-c5ccc6c(c5)sc5ccccc56)cc(-c5ccc6c7ccccc7n(-c7ccccc7)c6c5)c4)c3)cc2)cc1. The Hall–Kier alpha value is -9.74. The lowest BCUT2D eigenvalue weighted by atomic mass is 9.92. The van der Waals surface area contributed by atoms with Crippen LogP contribution in [0.25, 0.3) is 120 Å². The Morgan fingerprint density at radius 1 is 0.224 bits per heavy atom. The van der Waals surface area contributed by atoms with Gasteiger partial charge >= 0.3 is 0 Å². The number of para-hydroxylation sites is 4. The van der Waals surface area contributed by atoms with E-state index in [1.807, 2.05) is 11.3 Å². The van der Waals surface area contributed by atoms with E-state index >= 15 is 0 Å². The van der Waals surface area contributed by atoms with E-state index in [4.69, 9.17) is 0 Å². The molecule has 0 saturated heterocycles. The first-order valence-electron chi connectivity index (χ1n) is 26.0. The van der Waals surface area contributed by atoms with Gasteiger partial charge in [0.15, 0.2) is 0 Å². The van der Waals surface area contributed by atoms with Crippen LogP contribution < -0.4 is 4.90 Å². The summed E-state index contributed by atoms with van der Waals surface area (Å²) < 4.78 is 7.47. The molecule has 0 fully saturated rings. The molecule has 15 rings (SSSR count). The molecule has 0 unspecified atom stereocenters. The molecule has 15 aromatic rings. The first kappa shape index (κ1) is 43.8. The lowest BCUT2D eigenvalue weighted by Crippen LogP contribution is -2.09. The Kier molecular flexibility index (Phi) is 10.4. The highest BCUT2D eigenvalue weighted by Gasteiger charge is 2.19. The summed E-state index contributed by atoms with van der Waals surface area (Å²) in [7, 11) is 0. The number of aromatic nitrogens is 2. The van der Waals surface area contributed by atoms with Crippen LogP contribution in [0.5, 0.6) is 0 Å². The van der Waals surface area contributed by atoms with Gasteiger partial charge < -0.3 is 14.0 Å². The number of anilines is 3. The van der Waals surface area contributed by atoms with E-state index in [1.165, 1.54) is 86.2 Å². The Labute approximate surface area is 444 Å². The van der Waals surface area contributed by atoms with Crippen molar-refractivity contribution in [1.82, 2.24) is 9.13 Å². The Bertz CT molecular complexity index is 4680. The second-order valence-electron chi connectivity index (χ2n) is 19.7. The molecule has 76 heavy (non-hydrogen) atoms. The van der Waals surface area contributed by atoms with Crippen LogP contribution in [0, 0.1) is 0 Å². The summed E-state index contributed by atoms with van der Waals surface area (Å²) >= 11 is 1.87. The van der Waals surface area contributed by atoms with Gasteiger partial charge in [0.2, 0.25) is 0 Å². The Morgan fingerprint density at radius 3 is 1.43 bits per heavy atom. The molecule has 0 aliphatic rings. The molecule has 0 spiro atoms. The van der Waals surface area contributed by atoms with Crippen LogP contribution in [0.2, 0.25) is 0 Å². The van der Waals surface area contributed by atoms with Crippen molar-refractivity contribution in [2.24, 2.45) is 0 Å². The maximum absolute atomic E-state index is 2.44. The van der Waals surface area contributed by atoms with Gasteiger partial charge in [0, 0.05) is 70.2 Å². The molecular formula is C72H47N3S. The molecule has 0 N–H and O–H groups in total. The van der Waals surface area contributed by atoms with Crippen LogP contribution in [0.1, 0.15) is 0 Å². The van der Waals surface area contributed by atoms with E-state index in [9.17, 15) is 0 Å². The number of rotatable bonds is 9. The molecule has 0 radical (unpaired) electrons. The molecule has 356 valence electrons. The standard InChI is InChI=1S/C72H47N3S/c1-4-17-48(18-5-1)49-31-35-58(36-32-49)73(56-20-6-2-7-21-56)59-24-16-19-50(44-59)53-41-54(43-55(42-53)52-33-38-63-61-25-10-13-28-67(61)74(70(63)46-52)57-22-8-3-9-23-57)51-34-40-69-66(45-51)62-26-11-14-29-68(62)75(69)60-37-39-65-64-27-12-15-30-71(64)76-72(65)47-60/h1-47H. The molecule has 4 heteroatoms. The fourth-order valence-corrected chi connectivity index (χ4v) is 12.8. The van der Waals surface area contributed by atoms with Crippen molar-refractivity contribution in [2.45, 2.75) is 0 Å². The molecule has 0 aliphatic carbocycles. The van der Waals surface area contributed by atoms with E-state index in [2.05, 4.69) is 299 Å². The van der Waals surface area contributed by atoms with Crippen LogP contribution in [-0.2, 0) is 0 Å². The minimum Gasteiger partial charge on any atom is -0.310 e. The van der Waals surface area contributed by atoms with Crippen LogP contribution >= 0.6 is 11.3 Å². The molecule has 0 aliphatic heterocycles. The second-order valence-corrected chi connectivity index (χ2v) is 20.8. The van der Waals surface area contributed by atoms with E-state index in [-0.39, 0.29) is 0 Å². The van der Waals surface area contributed by atoms with Crippen LogP contribution in [0.4, 0.5) is 17.1 Å². The third-order valence-corrected chi connectivity index (χ3v) is 16.4. The summed E-state index contributed by atoms with van der Waals surface area (Å²) in [6, 6.07) is 105. The molecule has 0 atom stereocenters. The average molecular weight is 986 g/mol. The van der Waals surface area contributed by atoms with E-state index in [1.54, 1.807) is 0 Å². The lowest BCUT2D eigenvalue weighted by Gasteiger charge is -2.26. The van der Waals surface area contributed by atoms with Crippen molar-refractivity contribution < 1.29 is 0 Å². The fraction of sp³-hybridized carbons (Fsp3) is 0. The summed E-state index contributed by atoms with van der Waals surface area (Å²) in [4.78, 5) is 2.36. The molecule has 3 heterocycles. The zero-order chi connectivity index (χ0) is 50.1. The number of thiophene rings is 1. The highest BCUT2D eigenvalue weighted by Crippen LogP contribution is 2.43. The van der Waals surface area contributed by atoms with E-state index in [0.717, 1.165) is 50.6 Å². The van der Waals surface area contributed by atoms with Crippen molar-refractivity contribution in [3.05, 3.63) is 285 Å². The van der Waals surface area contributed by atoms with Crippen LogP contribution in [-0.4, -0.2) is 9.13 Å². The molecule has 0 bridgehead atoms. The molecule has 0 saturated carbocycles. The number of fused-ring (bicyclic) bond motifs is 9. The Balaban J connectivity index is 0.909. The number of nitrogens with zero attached hydrogens (tertiary/aromatic N) is 3. The smallest absolute Gasteiger partial charge is 0.0547 e. The number of hydrogen-bond acceptors (Lipinski definition) is 2. The van der Waals surface area contributed by atoms with Gasteiger partial charge in [-0.05, 0) is 160 Å². The maximum atomic E-state index is 2.44. The first-order valence-corrected chi connectivity index (χ1v) is 26.8. The van der Waals surface area contributed by atoms with Crippen molar-refractivity contribution >= 4 is 92.2 Å². The molecule has 0 amide bonds. The predicted molar refractivity (Wildman–Crippen MR) is 324 cm³/mol. The van der Waals surface area contributed by atoms with Gasteiger partial charge in [0.1, 0.15) is 0 Å². The van der Waals surface area contributed by atoms with Gasteiger partial charge in [-0.15, -0.1) is 11.3 Å². The average Bonchev–Trinajstić information content (AvgIpc) is 4.23. The summed E-state index contributed by atoms with van der Waals surface area (Å²) in [5.74, 6) is 0. The van der Waals surface area contributed by atoms with Gasteiger partial charge in [-0.1, -0.05) is 170 Å². The molecule has 12 aromatic carbocycles. The number of benzene rings is 12. The topological polar surface area (TPSA) is 13.1 Å². The fourth-order valence-electron chi connectivity index (χ4n) is 11.7. The summed E-state index contributed by atoms with van der Waals surface area (Å²) in [6.07, 6.45) is 0. The second kappa shape index (κ2) is 18.0.